The Morgan fingerprint density at radius 2 is 1.76 bits per heavy atom. The second-order valence-electron chi connectivity index (χ2n) is 6.88. The van der Waals surface area contributed by atoms with E-state index in [1.165, 1.54) is 51.5 Å². The summed E-state index contributed by atoms with van der Waals surface area (Å²) in [6, 6.07) is 0.816. The van der Waals surface area contributed by atoms with Crippen LogP contribution in [0.2, 0.25) is 0 Å². The lowest BCUT2D eigenvalue weighted by atomic mass is 9.77. The first-order chi connectivity index (χ1) is 8.18. The highest BCUT2D eigenvalue weighted by Crippen LogP contribution is 2.33. The summed E-state index contributed by atoms with van der Waals surface area (Å²) in [5, 5.41) is 3.93. The molecule has 4 unspecified atom stereocenters. The second-order valence-corrected chi connectivity index (χ2v) is 6.88. The molecule has 2 rings (SSSR count). The standard InChI is InChI=1S/C16H31N/c1-12(2)15-9-4-5-10-16(15)17-11-14-8-6-7-13(14)3/h12-17H,4-11H2,1-3H3. The lowest BCUT2D eigenvalue weighted by Gasteiger charge is -2.36. The summed E-state index contributed by atoms with van der Waals surface area (Å²) >= 11 is 0. The summed E-state index contributed by atoms with van der Waals surface area (Å²) in [5.74, 6) is 3.71. The summed E-state index contributed by atoms with van der Waals surface area (Å²) < 4.78 is 0. The van der Waals surface area contributed by atoms with Crippen LogP contribution in [-0.2, 0) is 0 Å². The van der Waals surface area contributed by atoms with Gasteiger partial charge in [0.15, 0.2) is 0 Å². The van der Waals surface area contributed by atoms with E-state index < -0.39 is 0 Å². The van der Waals surface area contributed by atoms with Crippen molar-refractivity contribution >= 4 is 0 Å². The molecule has 0 aromatic rings. The van der Waals surface area contributed by atoms with Crippen LogP contribution in [0.4, 0.5) is 0 Å². The number of hydrogen-bond donors (Lipinski definition) is 1. The molecule has 0 aromatic carbocycles. The summed E-state index contributed by atoms with van der Waals surface area (Å²) in [6.45, 7) is 8.54. The highest BCUT2D eigenvalue weighted by atomic mass is 14.9. The number of rotatable bonds is 4. The molecule has 2 fully saturated rings. The van der Waals surface area contributed by atoms with Crippen molar-refractivity contribution in [2.45, 2.75) is 71.8 Å². The molecule has 0 bridgehead atoms. The molecule has 0 radical (unpaired) electrons. The lowest BCUT2D eigenvalue weighted by Crippen LogP contribution is -2.43. The van der Waals surface area contributed by atoms with Gasteiger partial charge in [-0.05, 0) is 49.5 Å². The average molecular weight is 237 g/mol. The van der Waals surface area contributed by atoms with Gasteiger partial charge in [-0.1, -0.05) is 46.5 Å². The molecule has 2 aliphatic carbocycles. The summed E-state index contributed by atoms with van der Waals surface area (Å²) in [4.78, 5) is 0. The van der Waals surface area contributed by atoms with Gasteiger partial charge in [-0.2, -0.15) is 0 Å². The minimum absolute atomic E-state index is 0.816. The first-order valence-corrected chi connectivity index (χ1v) is 7.92. The molecule has 0 aromatic heterocycles. The lowest BCUT2D eigenvalue weighted by molar-refractivity contribution is 0.195. The Morgan fingerprint density at radius 3 is 2.41 bits per heavy atom. The zero-order chi connectivity index (χ0) is 12.3. The van der Waals surface area contributed by atoms with Crippen LogP contribution in [0.1, 0.15) is 65.7 Å². The van der Waals surface area contributed by atoms with E-state index >= 15 is 0 Å². The maximum Gasteiger partial charge on any atom is 0.00978 e. The van der Waals surface area contributed by atoms with E-state index in [0.29, 0.717) is 0 Å². The van der Waals surface area contributed by atoms with Crippen molar-refractivity contribution in [1.29, 1.82) is 0 Å². The number of hydrogen-bond acceptors (Lipinski definition) is 1. The van der Waals surface area contributed by atoms with Gasteiger partial charge < -0.3 is 5.32 Å². The average Bonchev–Trinajstić information content (AvgIpc) is 2.72. The predicted molar refractivity (Wildman–Crippen MR) is 75.1 cm³/mol. The van der Waals surface area contributed by atoms with E-state index in [0.717, 1.165) is 29.7 Å². The Labute approximate surface area is 108 Å². The van der Waals surface area contributed by atoms with Crippen LogP contribution in [0.5, 0.6) is 0 Å². The predicted octanol–water partition coefficient (Wildman–Crippen LogP) is 4.23. The Morgan fingerprint density at radius 1 is 1.00 bits per heavy atom. The third-order valence-corrected chi connectivity index (χ3v) is 5.36. The number of nitrogens with one attached hydrogen (secondary N) is 1. The zero-order valence-electron chi connectivity index (χ0n) is 12.0. The molecule has 0 aliphatic heterocycles. The van der Waals surface area contributed by atoms with Gasteiger partial charge in [0.1, 0.15) is 0 Å². The fourth-order valence-electron chi connectivity index (χ4n) is 4.04. The molecule has 2 aliphatic rings. The first-order valence-electron chi connectivity index (χ1n) is 7.92. The van der Waals surface area contributed by atoms with E-state index in [2.05, 4.69) is 26.1 Å². The van der Waals surface area contributed by atoms with Crippen LogP contribution in [0.3, 0.4) is 0 Å². The molecular formula is C16H31N. The van der Waals surface area contributed by atoms with Crippen LogP contribution < -0.4 is 5.32 Å². The monoisotopic (exact) mass is 237 g/mol. The topological polar surface area (TPSA) is 12.0 Å². The minimum atomic E-state index is 0.816. The Balaban J connectivity index is 1.79. The molecule has 1 nitrogen and oxygen atoms in total. The van der Waals surface area contributed by atoms with E-state index in [-0.39, 0.29) is 0 Å². The molecule has 2 saturated carbocycles. The largest absolute Gasteiger partial charge is 0.313 e. The van der Waals surface area contributed by atoms with E-state index in [4.69, 9.17) is 0 Å². The van der Waals surface area contributed by atoms with Crippen LogP contribution >= 0.6 is 0 Å². The highest BCUT2D eigenvalue weighted by molar-refractivity contribution is 4.85. The van der Waals surface area contributed by atoms with Crippen molar-refractivity contribution in [3.05, 3.63) is 0 Å². The maximum atomic E-state index is 3.93. The maximum absolute atomic E-state index is 3.93. The van der Waals surface area contributed by atoms with E-state index in [1.807, 2.05) is 0 Å². The van der Waals surface area contributed by atoms with E-state index in [9.17, 15) is 0 Å². The SMILES string of the molecule is CC(C)C1CCCCC1NCC1CCCC1C. The van der Waals surface area contributed by atoms with Gasteiger partial charge in [0, 0.05) is 6.04 Å². The minimum Gasteiger partial charge on any atom is -0.313 e. The van der Waals surface area contributed by atoms with Gasteiger partial charge in [0.25, 0.3) is 0 Å². The molecular weight excluding hydrogens is 206 g/mol. The van der Waals surface area contributed by atoms with Gasteiger partial charge in [-0.15, -0.1) is 0 Å². The van der Waals surface area contributed by atoms with Crippen molar-refractivity contribution in [3.8, 4) is 0 Å². The van der Waals surface area contributed by atoms with Crippen molar-refractivity contribution < 1.29 is 0 Å². The Kier molecular flexibility index (Phi) is 4.90. The van der Waals surface area contributed by atoms with Crippen molar-refractivity contribution in [2.75, 3.05) is 6.54 Å². The molecule has 1 N–H and O–H groups in total. The first kappa shape index (κ1) is 13.4. The van der Waals surface area contributed by atoms with Crippen LogP contribution in [-0.4, -0.2) is 12.6 Å². The normalized spacial score (nSPS) is 38.8. The summed E-state index contributed by atoms with van der Waals surface area (Å²) in [6.07, 6.45) is 10.2. The third-order valence-electron chi connectivity index (χ3n) is 5.36. The fourth-order valence-corrected chi connectivity index (χ4v) is 4.04. The second kappa shape index (κ2) is 6.22. The van der Waals surface area contributed by atoms with Gasteiger partial charge in [0.2, 0.25) is 0 Å². The van der Waals surface area contributed by atoms with Crippen molar-refractivity contribution in [1.82, 2.24) is 5.32 Å². The molecule has 0 heterocycles. The Bertz CT molecular complexity index is 224. The molecule has 100 valence electrons. The molecule has 17 heavy (non-hydrogen) atoms. The molecule has 0 amide bonds. The van der Waals surface area contributed by atoms with Gasteiger partial charge >= 0.3 is 0 Å². The molecule has 4 atom stereocenters. The van der Waals surface area contributed by atoms with Crippen LogP contribution in [0.25, 0.3) is 0 Å². The van der Waals surface area contributed by atoms with E-state index in [1.54, 1.807) is 0 Å². The van der Waals surface area contributed by atoms with Gasteiger partial charge in [0.05, 0.1) is 0 Å². The van der Waals surface area contributed by atoms with Crippen molar-refractivity contribution in [2.24, 2.45) is 23.7 Å². The third kappa shape index (κ3) is 3.47. The summed E-state index contributed by atoms with van der Waals surface area (Å²) in [7, 11) is 0. The van der Waals surface area contributed by atoms with Crippen molar-refractivity contribution in [3.63, 3.8) is 0 Å². The van der Waals surface area contributed by atoms with Crippen LogP contribution in [0.15, 0.2) is 0 Å². The molecule has 0 saturated heterocycles. The van der Waals surface area contributed by atoms with Gasteiger partial charge in [-0.3, -0.25) is 0 Å². The van der Waals surface area contributed by atoms with Gasteiger partial charge in [-0.25, -0.2) is 0 Å². The smallest absolute Gasteiger partial charge is 0.00978 e. The highest BCUT2D eigenvalue weighted by Gasteiger charge is 2.29. The quantitative estimate of drug-likeness (QED) is 0.771. The zero-order valence-corrected chi connectivity index (χ0v) is 12.0. The van der Waals surface area contributed by atoms with Crippen LogP contribution in [0, 0.1) is 23.7 Å². The molecule has 0 spiro atoms. The Hall–Kier alpha value is -0.0400. The summed E-state index contributed by atoms with van der Waals surface area (Å²) in [5.41, 5.74) is 0. The molecule has 1 heteroatoms. The fraction of sp³-hybridized carbons (Fsp3) is 1.00.